The minimum atomic E-state index is -0.646. The third-order valence-electron chi connectivity index (χ3n) is 7.50. The maximum Gasteiger partial charge on any atom is 0.435 e. The van der Waals surface area contributed by atoms with Crippen molar-refractivity contribution < 1.29 is 19.1 Å². The molecule has 0 fully saturated rings. The highest BCUT2D eigenvalue weighted by Gasteiger charge is 2.33. The summed E-state index contributed by atoms with van der Waals surface area (Å²) in [5, 5.41) is 4.22. The van der Waals surface area contributed by atoms with Gasteiger partial charge in [-0.15, -0.1) is 0 Å². The Morgan fingerprint density at radius 2 is 1.79 bits per heavy atom. The monoisotopic (exact) mass is 580 g/mol. The highest BCUT2D eigenvalue weighted by Crippen LogP contribution is 2.39. The summed E-state index contributed by atoms with van der Waals surface area (Å²) < 4.78 is 12.9. The minimum Gasteiger partial charge on any atom is -0.489 e. The summed E-state index contributed by atoms with van der Waals surface area (Å²) in [4.78, 5) is 33.4. The molecule has 1 amide bonds. The van der Waals surface area contributed by atoms with E-state index < -0.39 is 11.7 Å². The fraction of sp³-hybridized carbons (Fsp3) is 0.371. The molecular weight excluding hydrogens is 540 g/mol. The van der Waals surface area contributed by atoms with Gasteiger partial charge in [0.1, 0.15) is 18.0 Å². The first-order valence-corrected chi connectivity index (χ1v) is 14.9. The van der Waals surface area contributed by atoms with E-state index in [1.165, 1.54) is 4.68 Å². The lowest BCUT2D eigenvalue weighted by Gasteiger charge is -2.31. The zero-order chi connectivity index (χ0) is 30.6. The number of carbonyl (C=O) groups excluding carboxylic acids is 2. The number of amides is 1. The average molecular weight is 581 g/mol. The van der Waals surface area contributed by atoms with E-state index in [0.29, 0.717) is 17.9 Å². The maximum absolute atomic E-state index is 14.4. The molecule has 4 aromatic rings. The Bertz CT molecular complexity index is 1550. The molecule has 2 aromatic carbocycles. The van der Waals surface area contributed by atoms with Gasteiger partial charge in [0.2, 0.25) is 5.91 Å². The van der Waals surface area contributed by atoms with Crippen LogP contribution in [0.2, 0.25) is 0 Å². The van der Waals surface area contributed by atoms with Crippen LogP contribution in [-0.2, 0) is 29.1 Å². The third-order valence-corrected chi connectivity index (χ3v) is 7.50. The Morgan fingerprint density at radius 3 is 2.49 bits per heavy atom. The molecular formula is C35H40N4O4. The van der Waals surface area contributed by atoms with Crippen LogP contribution in [-0.4, -0.2) is 32.4 Å². The van der Waals surface area contributed by atoms with Crippen LogP contribution < -0.4 is 9.64 Å². The second-order valence-electron chi connectivity index (χ2n) is 12.3. The lowest BCUT2D eigenvalue weighted by molar-refractivity contribution is -0.120. The number of ether oxygens (including phenoxy) is 2. The van der Waals surface area contributed by atoms with Crippen molar-refractivity contribution in [3.63, 3.8) is 0 Å². The van der Waals surface area contributed by atoms with Gasteiger partial charge in [-0.3, -0.25) is 9.78 Å². The molecule has 43 heavy (non-hydrogen) atoms. The van der Waals surface area contributed by atoms with E-state index in [1.54, 1.807) is 23.5 Å². The lowest BCUT2D eigenvalue weighted by Crippen LogP contribution is -2.36. The minimum absolute atomic E-state index is 0.0229. The number of rotatable bonds is 8. The Morgan fingerprint density at radius 1 is 1.00 bits per heavy atom. The largest absolute Gasteiger partial charge is 0.489 e. The highest BCUT2D eigenvalue weighted by molar-refractivity contribution is 5.98. The Labute approximate surface area is 253 Å². The predicted molar refractivity (Wildman–Crippen MR) is 166 cm³/mol. The summed E-state index contributed by atoms with van der Waals surface area (Å²) in [6.45, 7) is 10.3. The fourth-order valence-corrected chi connectivity index (χ4v) is 5.36. The molecule has 0 spiro atoms. The van der Waals surface area contributed by atoms with Gasteiger partial charge in [-0.25, -0.2) is 4.79 Å². The van der Waals surface area contributed by atoms with E-state index in [1.807, 2.05) is 81.4 Å². The van der Waals surface area contributed by atoms with E-state index in [0.717, 1.165) is 47.4 Å². The van der Waals surface area contributed by atoms with Crippen molar-refractivity contribution >= 4 is 17.7 Å². The number of benzene rings is 2. The molecule has 0 N–H and O–H groups in total. The molecule has 224 valence electrons. The SMILES string of the molecule is CC(C)c1ccc(N(Cc2cnn(C(=O)OC(C)(C)C)c2)C(=O)[C@H]2CCCc3c(OCc4ccccc4)cccc32)cn1. The van der Waals surface area contributed by atoms with Gasteiger partial charge in [0.05, 0.1) is 30.5 Å². The van der Waals surface area contributed by atoms with E-state index >= 15 is 0 Å². The predicted octanol–water partition coefficient (Wildman–Crippen LogP) is 7.42. The van der Waals surface area contributed by atoms with Crippen LogP contribution in [0.15, 0.2) is 79.3 Å². The van der Waals surface area contributed by atoms with Crippen LogP contribution in [0, 0.1) is 0 Å². The zero-order valence-electron chi connectivity index (χ0n) is 25.6. The smallest absolute Gasteiger partial charge is 0.435 e. The van der Waals surface area contributed by atoms with Gasteiger partial charge in [-0.05, 0) is 80.8 Å². The van der Waals surface area contributed by atoms with Gasteiger partial charge in [-0.2, -0.15) is 9.78 Å². The molecule has 1 aliphatic carbocycles. The molecule has 0 aliphatic heterocycles. The number of anilines is 1. The lowest BCUT2D eigenvalue weighted by atomic mass is 9.81. The van der Waals surface area contributed by atoms with Crippen molar-refractivity contribution in [3.05, 3.63) is 107 Å². The molecule has 1 aliphatic rings. The van der Waals surface area contributed by atoms with Crippen molar-refractivity contribution in [2.75, 3.05) is 4.90 Å². The number of hydrogen-bond acceptors (Lipinski definition) is 6. The van der Waals surface area contributed by atoms with Crippen molar-refractivity contribution in [1.29, 1.82) is 0 Å². The van der Waals surface area contributed by atoms with Crippen LogP contribution in [0.4, 0.5) is 10.5 Å². The molecule has 0 saturated carbocycles. The Hall–Kier alpha value is -4.46. The van der Waals surface area contributed by atoms with Gasteiger partial charge in [0.15, 0.2) is 0 Å². The second kappa shape index (κ2) is 12.8. The van der Waals surface area contributed by atoms with E-state index in [9.17, 15) is 9.59 Å². The second-order valence-corrected chi connectivity index (χ2v) is 12.3. The topological polar surface area (TPSA) is 86.6 Å². The molecule has 8 heteroatoms. The summed E-state index contributed by atoms with van der Waals surface area (Å²) in [5.41, 5.74) is 4.91. The molecule has 0 unspecified atom stereocenters. The third kappa shape index (κ3) is 7.31. The Balaban J connectivity index is 1.43. The molecule has 2 aromatic heterocycles. The van der Waals surface area contributed by atoms with Gasteiger partial charge >= 0.3 is 6.09 Å². The Kier molecular flexibility index (Phi) is 8.94. The van der Waals surface area contributed by atoms with Gasteiger partial charge in [0.25, 0.3) is 0 Å². The van der Waals surface area contributed by atoms with Gasteiger partial charge < -0.3 is 14.4 Å². The summed E-state index contributed by atoms with van der Waals surface area (Å²) in [6.07, 6.45) is 6.89. The molecule has 8 nitrogen and oxygen atoms in total. The molecule has 5 rings (SSSR count). The normalized spacial score (nSPS) is 14.7. The summed E-state index contributed by atoms with van der Waals surface area (Å²) in [5.74, 6) is 0.733. The van der Waals surface area contributed by atoms with Crippen molar-refractivity contribution in [2.45, 2.75) is 84.5 Å². The number of pyridine rings is 1. The van der Waals surface area contributed by atoms with Crippen molar-refractivity contribution in [1.82, 2.24) is 14.8 Å². The van der Waals surface area contributed by atoms with E-state index in [2.05, 4.69) is 23.9 Å². The van der Waals surface area contributed by atoms with Crippen molar-refractivity contribution in [3.8, 4) is 5.75 Å². The maximum atomic E-state index is 14.4. The van der Waals surface area contributed by atoms with Gasteiger partial charge in [0, 0.05) is 17.5 Å². The number of hydrogen-bond donors (Lipinski definition) is 0. The van der Waals surface area contributed by atoms with E-state index in [-0.39, 0.29) is 24.3 Å². The quantitative estimate of drug-likeness (QED) is 0.216. The number of carbonyl (C=O) groups is 2. The summed E-state index contributed by atoms with van der Waals surface area (Å²) >= 11 is 0. The molecule has 2 heterocycles. The standard InChI is InChI=1S/C35H40N4O4/c1-24(2)31-18-17-27(20-36-31)38(21-26-19-37-39(22-26)34(41)43-35(3,4)5)33(40)30-15-9-14-29-28(30)13-10-16-32(29)42-23-25-11-7-6-8-12-25/h6-8,10-13,16-20,22,24,30H,9,14-15,21,23H2,1-5H3/t30-/m0/s1. The first-order valence-electron chi connectivity index (χ1n) is 14.9. The highest BCUT2D eigenvalue weighted by atomic mass is 16.6. The fourth-order valence-electron chi connectivity index (χ4n) is 5.36. The number of aromatic nitrogens is 3. The van der Waals surface area contributed by atoms with Crippen LogP contribution in [0.3, 0.4) is 0 Å². The molecule has 0 radical (unpaired) electrons. The summed E-state index contributed by atoms with van der Waals surface area (Å²) in [7, 11) is 0. The van der Waals surface area contributed by atoms with E-state index in [4.69, 9.17) is 9.47 Å². The van der Waals surface area contributed by atoms with Crippen LogP contribution in [0.25, 0.3) is 0 Å². The van der Waals surface area contributed by atoms with Crippen molar-refractivity contribution in [2.24, 2.45) is 0 Å². The van der Waals surface area contributed by atoms with Gasteiger partial charge in [-0.1, -0.05) is 56.3 Å². The first kappa shape index (κ1) is 30.0. The van der Waals surface area contributed by atoms with Crippen LogP contribution in [0.1, 0.15) is 87.2 Å². The first-order chi connectivity index (χ1) is 20.6. The molecule has 1 atom stereocenters. The average Bonchev–Trinajstić information content (AvgIpc) is 3.47. The molecule has 0 bridgehead atoms. The summed E-state index contributed by atoms with van der Waals surface area (Å²) in [6, 6.07) is 20.0. The zero-order valence-corrected chi connectivity index (χ0v) is 25.6. The van der Waals surface area contributed by atoms with Crippen LogP contribution in [0.5, 0.6) is 5.75 Å². The molecule has 0 saturated heterocycles. The van der Waals surface area contributed by atoms with Crippen LogP contribution >= 0.6 is 0 Å². The number of nitrogens with zero attached hydrogens (tertiary/aromatic N) is 4. The number of fused-ring (bicyclic) bond motifs is 1.